The molecule has 0 radical (unpaired) electrons. The molecule has 0 saturated heterocycles. The molecular weight excluding hydrogens is 220 g/mol. The molecule has 0 aliphatic rings. The maximum Gasteiger partial charge on any atom is 0.355 e. The summed E-state index contributed by atoms with van der Waals surface area (Å²) in [4.78, 5) is 22.9. The number of hydrogen-bond acceptors (Lipinski definition) is 3. The Morgan fingerprint density at radius 3 is 2.76 bits per heavy atom. The first-order valence-corrected chi connectivity index (χ1v) is 5.62. The van der Waals surface area contributed by atoms with E-state index in [1.807, 2.05) is 13.8 Å². The SMILES string of the molecule is CC[C@@H](C)NC(=O)COC(=O)c1cccn1C. The monoisotopic (exact) mass is 238 g/mol. The lowest BCUT2D eigenvalue weighted by Crippen LogP contribution is -2.35. The summed E-state index contributed by atoms with van der Waals surface area (Å²) in [6.07, 6.45) is 2.59. The Balaban J connectivity index is 2.39. The summed E-state index contributed by atoms with van der Waals surface area (Å²) >= 11 is 0. The van der Waals surface area contributed by atoms with Crippen LogP contribution in [-0.2, 0) is 16.6 Å². The Kier molecular flexibility index (Phi) is 4.75. The van der Waals surface area contributed by atoms with Crippen LogP contribution in [-0.4, -0.2) is 29.1 Å². The van der Waals surface area contributed by atoms with Gasteiger partial charge in [0.25, 0.3) is 5.91 Å². The van der Waals surface area contributed by atoms with Crippen LogP contribution in [0.15, 0.2) is 18.3 Å². The Hall–Kier alpha value is -1.78. The van der Waals surface area contributed by atoms with Gasteiger partial charge in [-0.2, -0.15) is 0 Å². The number of aromatic nitrogens is 1. The molecule has 1 heterocycles. The predicted octanol–water partition coefficient (Wildman–Crippen LogP) is 1.10. The normalized spacial score (nSPS) is 11.9. The fourth-order valence-electron chi connectivity index (χ4n) is 1.30. The van der Waals surface area contributed by atoms with Crippen LogP contribution in [0.3, 0.4) is 0 Å². The largest absolute Gasteiger partial charge is 0.451 e. The number of carbonyl (C=O) groups is 2. The van der Waals surface area contributed by atoms with Gasteiger partial charge in [-0.15, -0.1) is 0 Å². The van der Waals surface area contributed by atoms with Crippen molar-refractivity contribution < 1.29 is 14.3 Å². The second-order valence-corrected chi connectivity index (χ2v) is 3.96. The molecule has 0 spiro atoms. The van der Waals surface area contributed by atoms with Crippen molar-refractivity contribution in [3.05, 3.63) is 24.0 Å². The summed E-state index contributed by atoms with van der Waals surface area (Å²) in [5, 5.41) is 2.72. The van der Waals surface area contributed by atoms with Crippen molar-refractivity contribution in [2.45, 2.75) is 26.3 Å². The zero-order valence-electron chi connectivity index (χ0n) is 10.4. The molecule has 0 aliphatic heterocycles. The number of aryl methyl sites for hydroxylation is 1. The van der Waals surface area contributed by atoms with Crippen molar-refractivity contribution in [1.29, 1.82) is 0 Å². The van der Waals surface area contributed by atoms with Crippen LogP contribution in [0.2, 0.25) is 0 Å². The van der Waals surface area contributed by atoms with Gasteiger partial charge in [0.15, 0.2) is 6.61 Å². The summed E-state index contributed by atoms with van der Waals surface area (Å²) in [5.41, 5.74) is 0.432. The first-order valence-electron chi connectivity index (χ1n) is 5.62. The summed E-state index contributed by atoms with van der Waals surface area (Å²) in [7, 11) is 1.75. The van der Waals surface area contributed by atoms with Gasteiger partial charge in [-0.3, -0.25) is 4.79 Å². The number of carbonyl (C=O) groups excluding carboxylic acids is 2. The van der Waals surface area contributed by atoms with Gasteiger partial charge in [0.1, 0.15) is 5.69 Å². The Bertz CT molecular complexity index is 398. The van der Waals surface area contributed by atoms with Crippen LogP contribution in [0, 0.1) is 0 Å². The van der Waals surface area contributed by atoms with Gasteiger partial charge in [0.05, 0.1) is 0 Å². The third kappa shape index (κ3) is 3.94. The average molecular weight is 238 g/mol. The number of amides is 1. The van der Waals surface area contributed by atoms with Gasteiger partial charge in [-0.25, -0.2) is 4.79 Å². The van der Waals surface area contributed by atoms with Crippen LogP contribution < -0.4 is 5.32 Å². The fraction of sp³-hybridized carbons (Fsp3) is 0.500. The van der Waals surface area contributed by atoms with E-state index in [4.69, 9.17) is 4.74 Å². The lowest BCUT2D eigenvalue weighted by Gasteiger charge is -2.11. The smallest absolute Gasteiger partial charge is 0.355 e. The zero-order valence-corrected chi connectivity index (χ0v) is 10.4. The second kappa shape index (κ2) is 6.08. The maximum atomic E-state index is 11.6. The zero-order chi connectivity index (χ0) is 12.8. The Labute approximate surface area is 101 Å². The van der Waals surface area contributed by atoms with E-state index < -0.39 is 5.97 Å². The van der Waals surface area contributed by atoms with Crippen LogP contribution >= 0.6 is 0 Å². The van der Waals surface area contributed by atoms with Gasteiger partial charge in [-0.1, -0.05) is 6.92 Å². The third-order valence-corrected chi connectivity index (χ3v) is 2.51. The van der Waals surface area contributed by atoms with E-state index >= 15 is 0 Å². The molecule has 0 unspecified atom stereocenters. The molecule has 1 amide bonds. The molecule has 0 fully saturated rings. The summed E-state index contributed by atoms with van der Waals surface area (Å²) in [6.45, 7) is 3.63. The van der Waals surface area contributed by atoms with E-state index in [-0.39, 0.29) is 18.6 Å². The molecule has 1 aromatic heterocycles. The minimum Gasteiger partial charge on any atom is -0.451 e. The van der Waals surface area contributed by atoms with Crippen molar-refractivity contribution in [2.24, 2.45) is 7.05 Å². The number of rotatable bonds is 5. The lowest BCUT2D eigenvalue weighted by molar-refractivity contribution is -0.124. The molecule has 5 nitrogen and oxygen atoms in total. The minimum atomic E-state index is -0.489. The van der Waals surface area contributed by atoms with Crippen LogP contribution in [0.1, 0.15) is 30.8 Å². The third-order valence-electron chi connectivity index (χ3n) is 2.51. The quantitative estimate of drug-likeness (QED) is 0.781. The average Bonchev–Trinajstić information content (AvgIpc) is 2.72. The summed E-state index contributed by atoms with van der Waals surface area (Å²) in [6, 6.07) is 3.49. The Morgan fingerprint density at radius 1 is 1.53 bits per heavy atom. The fourth-order valence-corrected chi connectivity index (χ4v) is 1.30. The minimum absolute atomic E-state index is 0.0937. The van der Waals surface area contributed by atoms with E-state index in [1.165, 1.54) is 0 Å². The topological polar surface area (TPSA) is 60.3 Å². The predicted molar refractivity (Wildman–Crippen MR) is 63.6 cm³/mol. The number of hydrogen-bond donors (Lipinski definition) is 1. The highest BCUT2D eigenvalue weighted by Gasteiger charge is 2.13. The van der Waals surface area contributed by atoms with Crippen molar-refractivity contribution in [2.75, 3.05) is 6.61 Å². The van der Waals surface area contributed by atoms with Crippen molar-refractivity contribution >= 4 is 11.9 Å². The van der Waals surface area contributed by atoms with E-state index in [2.05, 4.69) is 5.32 Å². The molecule has 17 heavy (non-hydrogen) atoms. The molecular formula is C12H18N2O3. The van der Waals surface area contributed by atoms with Gasteiger partial charge < -0.3 is 14.6 Å². The molecule has 1 atom stereocenters. The molecule has 1 N–H and O–H groups in total. The van der Waals surface area contributed by atoms with Crippen molar-refractivity contribution in [1.82, 2.24) is 9.88 Å². The van der Waals surface area contributed by atoms with E-state index in [0.717, 1.165) is 6.42 Å². The maximum absolute atomic E-state index is 11.6. The van der Waals surface area contributed by atoms with Gasteiger partial charge in [0.2, 0.25) is 0 Å². The standard InChI is InChI=1S/C12H18N2O3/c1-4-9(2)13-11(15)8-17-12(16)10-6-5-7-14(10)3/h5-7,9H,4,8H2,1-3H3,(H,13,15)/t9-/m1/s1. The van der Waals surface area contributed by atoms with Crippen molar-refractivity contribution in [3.8, 4) is 0 Å². The number of ether oxygens (including phenoxy) is 1. The van der Waals surface area contributed by atoms with Gasteiger partial charge in [0, 0.05) is 19.3 Å². The highest BCUT2D eigenvalue weighted by atomic mass is 16.5. The number of nitrogens with one attached hydrogen (secondary N) is 1. The molecule has 0 aromatic carbocycles. The molecule has 0 saturated carbocycles. The van der Waals surface area contributed by atoms with Gasteiger partial charge >= 0.3 is 5.97 Å². The molecule has 1 aromatic rings. The molecule has 1 rings (SSSR count). The summed E-state index contributed by atoms with van der Waals surface area (Å²) < 4.78 is 6.55. The van der Waals surface area contributed by atoms with E-state index in [9.17, 15) is 9.59 Å². The van der Waals surface area contributed by atoms with Crippen LogP contribution in [0.5, 0.6) is 0 Å². The van der Waals surface area contributed by atoms with E-state index in [0.29, 0.717) is 5.69 Å². The summed E-state index contributed by atoms with van der Waals surface area (Å²) in [5.74, 6) is -0.765. The highest BCUT2D eigenvalue weighted by molar-refractivity contribution is 5.89. The highest BCUT2D eigenvalue weighted by Crippen LogP contribution is 2.01. The van der Waals surface area contributed by atoms with Crippen LogP contribution in [0.25, 0.3) is 0 Å². The first-order chi connectivity index (χ1) is 8.04. The lowest BCUT2D eigenvalue weighted by atomic mass is 10.2. The van der Waals surface area contributed by atoms with Crippen LogP contribution in [0.4, 0.5) is 0 Å². The molecule has 5 heteroatoms. The van der Waals surface area contributed by atoms with E-state index in [1.54, 1.807) is 29.9 Å². The Morgan fingerprint density at radius 2 is 2.24 bits per heavy atom. The first kappa shape index (κ1) is 13.3. The second-order valence-electron chi connectivity index (χ2n) is 3.96. The van der Waals surface area contributed by atoms with Gasteiger partial charge in [-0.05, 0) is 25.5 Å². The molecule has 94 valence electrons. The molecule has 0 aliphatic carbocycles. The van der Waals surface area contributed by atoms with Crippen molar-refractivity contribution in [3.63, 3.8) is 0 Å². The molecule has 0 bridgehead atoms. The number of nitrogens with zero attached hydrogens (tertiary/aromatic N) is 1. The number of esters is 1.